The number of hydrogen-bond acceptors (Lipinski definition) is 1. The molecule has 1 heteroatoms. The summed E-state index contributed by atoms with van der Waals surface area (Å²) in [4.78, 5) is 2.38. The van der Waals surface area contributed by atoms with E-state index in [4.69, 9.17) is 0 Å². The number of benzene rings is 11. The van der Waals surface area contributed by atoms with E-state index in [1.165, 1.54) is 100 Å². The van der Waals surface area contributed by atoms with Crippen molar-refractivity contribution in [1.82, 2.24) is 0 Å². The van der Waals surface area contributed by atoms with Crippen molar-refractivity contribution in [3.05, 3.63) is 317 Å². The minimum absolute atomic E-state index is 0.466. The Balaban J connectivity index is 0.934. The number of rotatable bonds is 6. The van der Waals surface area contributed by atoms with Crippen molar-refractivity contribution < 1.29 is 0 Å². The molecule has 0 saturated heterocycles. The number of nitrogens with zero attached hydrogens (tertiary/aromatic N) is 1. The molecule has 11 aromatic rings. The minimum Gasteiger partial charge on any atom is -0.310 e. The van der Waals surface area contributed by atoms with Gasteiger partial charge in [0, 0.05) is 17.1 Å². The minimum atomic E-state index is -0.541. The average molecular weight is 876 g/mol. The van der Waals surface area contributed by atoms with Crippen LogP contribution in [0.3, 0.4) is 0 Å². The summed E-state index contributed by atoms with van der Waals surface area (Å²) >= 11 is 0. The third kappa shape index (κ3) is 5.53. The molecule has 11 aromatic carbocycles. The zero-order valence-corrected chi connectivity index (χ0v) is 37.9. The molecule has 2 spiro atoms. The second-order valence-electron chi connectivity index (χ2n) is 18.6. The van der Waals surface area contributed by atoms with E-state index in [-0.39, 0.29) is 0 Å². The van der Waals surface area contributed by atoms with Crippen LogP contribution in [0.5, 0.6) is 0 Å². The maximum atomic E-state index is 2.43. The first-order valence-electron chi connectivity index (χ1n) is 24.1. The number of fused-ring (bicyclic) bond motifs is 16. The van der Waals surface area contributed by atoms with Gasteiger partial charge in [0.25, 0.3) is 0 Å². The van der Waals surface area contributed by atoms with E-state index >= 15 is 0 Å². The van der Waals surface area contributed by atoms with Gasteiger partial charge in [-0.15, -0.1) is 0 Å². The summed E-state index contributed by atoms with van der Waals surface area (Å²) in [5.41, 5.74) is 25.6. The molecular weight excluding hydrogens is 831 g/mol. The summed E-state index contributed by atoms with van der Waals surface area (Å²) in [6.07, 6.45) is 0. The number of anilines is 3. The van der Waals surface area contributed by atoms with Crippen molar-refractivity contribution in [1.29, 1.82) is 0 Å². The highest BCUT2D eigenvalue weighted by atomic mass is 15.1. The van der Waals surface area contributed by atoms with E-state index in [9.17, 15) is 0 Å². The molecular formula is C68H45N. The summed E-state index contributed by atoms with van der Waals surface area (Å²) in [7, 11) is 0. The van der Waals surface area contributed by atoms with Gasteiger partial charge in [0.2, 0.25) is 0 Å². The molecule has 0 radical (unpaired) electrons. The second kappa shape index (κ2) is 15.4. The second-order valence-corrected chi connectivity index (χ2v) is 18.6. The van der Waals surface area contributed by atoms with Gasteiger partial charge in [0.05, 0.1) is 10.8 Å². The monoisotopic (exact) mass is 875 g/mol. The van der Waals surface area contributed by atoms with E-state index in [0.29, 0.717) is 0 Å². The fraction of sp³-hybridized carbons (Fsp3) is 0.0294. The summed E-state index contributed by atoms with van der Waals surface area (Å²) < 4.78 is 0. The molecule has 0 saturated carbocycles. The van der Waals surface area contributed by atoms with Crippen molar-refractivity contribution in [3.63, 3.8) is 0 Å². The van der Waals surface area contributed by atoms with Gasteiger partial charge >= 0.3 is 0 Å². The highest BCUT2D eigenvalue weighted by molar-refractivity contribution is 5.99. The van der Waals surface area contributed by atoms with Gasteiger partial charge in [-0.25, -0.2) is 0 Å². The van der Waals surface area contributed by atoms with Crippen molar-refractivity contribution in [2.24, 2.45) is 0 Å². The van der Waals surface area contributed by atoms with Gasteiger partial charge in [0.1, 0.15) is 0 Å². The van der Waals surface area contributed by atoms with Crippen molar-refractivity contribution >= 4 is 17.1 Å². The molecule has 0 aromatic heterocycles. The Labute approximate surface area is 403 Å². The Morgan fingerprint density at radius 1 is 0.203 bits per heavy atom. The standard InChI is InChI=1S/C68H45N/c1-3-21-46(22-4-1)52-27-7-8-28-53(52)48-23-19-26-51(45-48)69(49-24-5-2-6-25-49)50-43-41-47(42-44-50)54-32-20-40-65-66(54)57-31-11-14-35-60(57)68(65)63-38-17-15-36-61(63)67(62-37-16-18-39-64(62)68)58-33-12-9-29-55(58)56-30-10-13-34-59(56)67/h1-45H. The molecule has 0 amide bonds. The molecule has 0 N–H and O–H groups in total. The first-order valence-corrected chi connectivity index (χ1v) is 24.1. The van der Waals surface area contributed by atoms with Crippen molar-refractivity contribution in [2.75, 3.05) is 4.90 Å². The molecule has 0 heterocycles. The van der Waals surface area contributed by atoms with Gasteiger partial charge in [-0.3, -0.25) is 0 Å². The van der Waals surface area contributed by atoms with Crippen LogP contribution in [0.1, 0.15) is 44.5 Å². The molecule has 0 unspecified atom stereocenters. The fourth-order valence-electron chi connectivity index (χ4n) is 12.8. The van der Waals surface area contributed by atoms with E-state index in [2.05, 4.69) is 278 Å². The number of hydrogen-bond donors (Lipinski definition) is 0. The van der Waals surface area contributed by atoms with Gasteiger partial charge in [-0.05, 0) is 137 Å². The molecule has 1 nitrogen and oxygen atoms in total. The summed E-state index contributed by atoms with van der Waals surface area (Å²) in [5.74, 6) is 0. The smallest absolute Gasteiger partial charge is 0.0720 e. The first-order chi connectivity index (χ1) is 34.3. The molecule has 3 aliphatic carbocycles. The Kier molecular flexibility index (Phi) is 8.78. The van der Waals surface area contributed by atoms with Crippen LogP contribution in [-0.2, 0) is 10.8 Å². The predicted octanol–water partition coefficient (Wildman–Crippen LogP) is 17.2. The normalized spacial score (nSPS) is 13.7. The maximum Gasteiger partial charge on any atom is 0.0720 e. The van der Waals surface area contributed by atoms with E-state index in [1.807, 2.05) is 0 Å². The fourth-order valence-corrected chi connectivity index (χ4v) is 12.8. The van der Waals surface area contributed by atoms with Crippen LogP contribution in [0.15, 0.2) is 273 Å². The highest BCUT2D eigenvalue weighted by Gasteiger charge is 2.59. The third-order valence-electron chi connectivity index (χ3n) is 15.4. The topological polar surface area (TPSA) is 3.24 Å². The van der Waals surface area contributed by atoms with Crippen LogP contribution in [0, 0.1) is 0 Å². The molecule has 0 bridgehead atoms. The van der Waals surface area contributed by atoms with Crippen LogP contribution in [0.4, 0.5) is 17.1 Å². The van der Waals surface area contributed by atoms with Gasteiger partial charge in [-0.1, -0.05) is 237 Å². The summed E-state index contributed by atoms with van der Waals surface area (Å²) in [6, 6.07) is 102. The molecule has 322 valence electrons. The van der Waals surface area contributed by atoms with Crippen LogP contribution in [0.25, 0.3) is 55.6 Å². The third-order valence-corrected chi connectivity index (χ3v) is 15.4. The van der Waals surface area contributed by atoms with E-state index < -0.39 is 10.8 Å². The van der Waals surface area contributed by atoms with Gasteiger partial charge in [0.15, 0.2) is 0 Å². The van der Waals surface area contributed by atoms with Crippen LogP contribution < -0.4 is 4.90 Å². The lowest BCUT2D eigenvalue weighted by Gasteiger charge is -2.48. The Morgan fingerprint density at radius 2 is 0.551 bits per heavy atom. The molecule has 69 heavy (non-hydrogen) atoms. The van der Waals surface area contributed by atoms with E-state index in [1.54, 1.807) is 0 Å². The van der Waals surface area contributed by atoms with Crippen molar-refractivity contribution in [3.8, 4) is 55.6 Å². The summed E-state index contributed by atoms with van der Waals surface area (Å²) in [5, 5.41) is 0. The molecule has 0 aliphatic heterocycles. The largest absolute Gasteiger partial charge is 0.310 e. The SMILES string of the molecule is c1ccc(-c2ccccc2-c2cccc(N(c3ccccc3)c3ccc(-c4cccc5c4-c4ccccc4C54c5ccccc5C5(c6ccccc6-c6ccccc65)c5ccccc54)cc3)c2)cc1. The van der Waals surface area contributed by atoms with Gasteiger partial charge in [-0.2, -0.15) is 0 Å². The van der Waals surface area contributed by atoms with Crippen LogP contribution in [-0.4, -0.2) is 0 Å². The Bertz CT molecular complexity index is 3690. The van der Waals surface area contributed by atoms with E-state index in [0.717, 1.165) is 17.1 Å². The quantitative estimate of drug-likeness (QED) is 0.161. The zero-order chi connectivity index (χ0) is 45.5. The molecule has 0 atom stereocenters. The average Bonchev–Trinajstić information content (AvgIpc) is 3.90. The van der Waals surface area contributed by atoms with Gasteiger partial charge < -0.3 is 4.90 Å². The maximum absolute atomic E-state index is 2.43. The Morgan fingerprint density at radius 3 is 1.13 bits per heavy atom. The lowest BCUT2D eigenvalue weighted by atomic mass is 9.52. The molecule has 0 fully saturated rings. The predicted molar refractivity (Wildman–Crippen MR) is 286 cm³/mol. The Hall–Kier alpha value is -8.78. The lowest BCUT2D eigenvalue weighted by Crippen LogP contribution is -2.43. The van der Waals surface area contributed by atoms with Crippen LogP contribution >= 0.6 is 0 Å². The van der Waals surface area contributed by atoms with Crippen LogP contribution in [0.2, 0.25) is 0 Å². The summed E-state index contributed by atoms with van der Waals surface area (Å²) in [6.45, 7) is 0. The molecule has 14 rings (SSSR count). The van der Waals surface area contributed by atoms with Crippen molar-refractivity contribution in [2.45, 2.75) is 10.8 Å². The lowest BCUT2D eigenvalue weighted by molar-refractivity contribution is 0.633. The zero-order valence-electron chi connectivity index (χ0n) is 37.9. The molecule has 3 aliphatic rings. The number of para-hydroxylation sites is 1. The first kappa shape index (κ1) is 39.4. The highest BCUT2D eigenvalue weighted by Crippen LogP contribution is 2.68.